The molecule has 1 atom stereocenters. The number of hydrogen-bond acceptors (Lipinski definition) is 5. The number of nitrogens with zero attached hydrogens (tertiary/aromatic N) is 3. The van der Waals surface area contributed by atoms with E-state index in [1.807, 2.05) is 0 Å². The number of aliphatic carboxylic acids is 1. The van der Waals surface area contributed by atoms with Gasteiger partial charge in [-0.3, -0.25) is 4.79 Å². The van der Waals surface area contributed by atoms with Crippen LogP contribution in [0.15, 0.2) is 9.63 Å². The molecule has 0 aliphatic heterocycles. The lowest BCUT2D eigenvalue weighted by molar-refractivity contribution is -0.137. The normalized spacial score (nSPS) is 13.5. The zero-order valence-electron chi connectivity index (χ0n) is 9.79. The maximum absolute atomic E-state index is 12.0. The van der Waals surface area contributed by atoms with Crippen molar-refractivity contribution in [3.63, 3.8) is 0 Å². The predicted molar refractivity (Wildman–Crippen MR) is 65.4 cm³/mol. The number of sulfonamides is 1. The predicted octanol–water partition coefficient (Wildman–Crippen LogP) is 0.109. The van der Waals surface area contributed by atoms with Gasteiger partial charge in [0.25, 0.3) is 10.0 Å². The van der Waals surface area contributed by atoms with E-state index in [1.165, 1.54) is 7.05 Å². The molecule has 1 aromatic rings. The van der Waals surface area contributed by atoms with Gasteiger partial charge >= 0.3 is 5.97 Å². The number of rotatable bonds is 6. The van der Waals surface area contributed by atoms with Gasteiger partial charge in [0, 0.05) is 19.5 Å². The molecule has 1 aromatic heterocycles. The van der Waals surface area contributed by atoms with Gasteiger partial charge in [-0.2, -0.15) is 0 Å². The van der Waals surface area contributed by atoms with E-state index in [4.69, 9.17) is 5.11 Å². The molecule has 0 bridgehead atoms. The minimum atomic E-state index is -3.78. The molecule has 0 aromatic carbocycles. The van der Waals surface area contributed by atoms with Gasteiger partial charge in [0.2, 0.25) is 5.03 Å². The Bertz CT molecular complexity index is 522. The Balaban J connectivity index is 2.80. The second-order valence-electron chi connectivity index (χ2n) is 3.76. The van der Waals surface area contributed by atoms with Crippen molar-refractivity contribution in [2.45, 2.75) is 30.8 Å². The second-order valence-corrected chi connectivity index (χ2v) is 6.14. The molecule has 1 unspecified atom stereocenters. The Morgan fingerprint density at radius 1 is 1.61 bits per heavy atom. The van der Waals surface area contributed by atoms with E-state index in [2.05, 4.69) is 31.0 Å². The van der Waals surface area contributed by atoms with E-state index < -0.39 is 22.0 Å². The first-order chi connectivity index (χ1) is 8.24. The van der Waals surface area contributed by atoms with E-state index in [9.17, 15) is 13.2 Å². The van der Waals surface area contributed by atoms with Crippen molar-refractivity contribution in [3.05, 3.63) is 4.60 Å². The molecular weight excluding hydrogens is 328 g/mol. The van der Waals surface area contributed by atoms with Gasteiger partial charge in [0.15, 0.2) is 4.60 Å². The van der Waals surface area contributed by atoms with Gasteiger partial charge in [-0.1, -0.05) is 5.21 Å². The SMILES string of the molecule is CC(CCC(=O)O)NS(=O)(=O)c1c(Br)nnn1C. The van der Waals surface area contributed by atoms with Crippen LogP contribution in [-0.4, -0.2) is 40.5 Å². The molecule has 0 saturated carbocycles. The monoisotopic (exact) mass is 340 g/mol. The summed E-state index contributed by atoms with van der Waals surface area (Å²) < 4.78 is 27.6. The third-order valence-corrected chi connectivity index (χ3v) is 4.62. The van der Waals surface area contributed by atoms with E-state index in [0.717, 1.165) is 4.68 Å². The summed E-state index contributed by atoms with van der Waals surface area (Å²) in [6.07, 6.45) is 0.103. The van der Waals surface area contributed by atoms with Crippen molar-refractivity contribution in [1.82, 2.24) is 19.7 Å². The minimum absolute atomic E-state index is 0.0929. The van der Waals surface area contributed by atoms with Crippen LogP contribution in [0.5, 0.6) is 0 Å². The van der Waals surface area contributed by atoms with Crippen LogP contribution >= 0.6 is 15.9 Å². The Kier molecular flexibility index (Phi) is 4.82. The third kappa shape index (κ3) is 3.75. The zero-order valence-corrected chi connectivity index (χ0v) is 12.2. The first-order valence-corrected chi connectivity index (χ1v) is 7.31. The molecule has 0 radical (unpaired) electrons. The van der Waals surface area contributed by atoms with E-state index >= 15 is 0 Å². The van der Waals surface area contributed by atoms with Crippen molar-refractivity contribution in [2.24, 2.45) is 7.05 Å². The highest BCUT2D eigenvalue weighted by Crippen LogP contribution is 2.18. The molecule has 0 saturated heterocycles. The summed E-state index contributed by atoms with van der Waals surface area (Å²) >= 11 is 3.00. The lowest BCUT2D eigenvalue weighted by atomic mass is 10.2. The van der Waals surface area contributed by atoms with Crippen molar-refractivity contribution >= 4 is 31.9 Å². The van der Waals surface area contributed by atoms with Crippen LogP contribution < -0.4 is 4.72 Å². The van der Waals surface area contributed by atoms with Crippen LogP contribution in [0.4, 0.5) is 0 Å². The van der Waals surface area contributed by atoms with Crippen LogP contribution in [0.25, 0.3) is 0 Å². The first kappa shape index (κ1) is 15.1. The second kappa shape index (κ2) is 5.76. The van der Waals surface area contributed by atoms with E-state index in [-0.39, 0.29) is 22.5 Å². The summed E-state index contributed by atoms with van der Waals surface area (Å²) in [5, 5.41) is 15.6. The Morgan fingerprint density at radius 2 is 2.22 bits per heavy atom. The fraction of sp³-hybridized carbons (Fsp3) is 0.625. The number of carbonyl (C=O) groups is 1. The summed E-state index contributed by atoms with van der Waals surface area (Å²) in [5.74, 6) is -0.968. The molecule has 10 heteroatoms. The summed E-state index contributed by atoms with van der Waals surface area (Å²) in [7, 11) is -2.32. The number of hydrogen-bond donors (Lipinski definition) is 2. The average Bonchev–Trinajstić information content (AvgIpc) is 2.55. The molecule has 0 aliphatic carbocycles. The summed E-state index contributed by atoms with van der Waals surface area (Å²) in [6.45, 7) is 1.60. The smallest absolute Gasteiger partial charge is 0.303 e. The number of carboxylic acids is 1. The fourth-order valence-electron chi connectivity index (χ4n) is 1.33. The van der Waals surface area contributed by atoms with Gasteiger partial charge in [-0.05, 0) is 29.3 Å². The molecule has 8 nitrogen and oxygen atoms in total. The lowest BCUT2D eigenvalue weighted by Crippen LogP contribution is -2.34. The van der Waals surface area contributed by atoms with Crippen molar-refractivity contribution in [3.8, 4) is 0 Å². The average molecular weight is 341 g/mol. The van der Waals surface area contributed by atoms with Crippen LogP contribution in [0.1, 0.15) is 19.8 Å². The highest BCUT2D eigenvalue weighted by atomic mass is 79.9. The number of aryl methyl sites for hydroxylation is 1. The highest BCUT2D eigenvalue weighted by Gasteiger charge is 2.25. The Labute approximate surface area is 113 Å². The van der Waals surface area contributed by atoms with Crippen molar-refractivity contribution in [1.29, 1.82) is 0 Å². The topological polar surface area (TPSA) is 114 Å². The number of carboxylic acid groups (broad SMARTS) is 1. The molecular formula is C8H13BrN4O4S. The largest absolute Gasteiger partial charge is 0.481 e. The summed E-state index contributed by atoms with van der Waals surface area (Å²) in [5.41, 5.74) is 0. The molecule has 102 valence electrons. The van der Waals surface area contributed by atoms with Crippen molar-refractivity contribution < 1.29 is 18.3 Å². The fourth-order valence-corrected chi connectivity index (χ4v) is 3.70. The quantitative estimate of drug-likeness (QED) is 0.759. The van der Waals surface area contributed by atoms with Crippen LogP contribution in [0, 0.1) is 0 Å². The molecule has 0 aliphatic rings. The molecule has 2 N–H and O–H groups in total. The molecule has 0 fully saturated rings. The van der Waals surface area contributed by atoms with Crippen molar-refractivity contribution in [2.75, 3.05) is 0 Å². The molecule has 0 spiro atoms. The first-order valence-electron chi connectivity index (χ1n) is 5.03. The number of nitrogens with one attached hydrogen (secondary N) is 1. The molecule has 0 amide bonds. The van der Waals surface area contributed by atoms with E-state index in [0.29, 0.717) is 0 Å². The molecule has 1 heterocycles. The molecule has 1 rings (SSSR count). The van der Waals surface area contributed by atoms with Gasteiger partial charge in [-0.15, -0.1) is 5.10 Å². The van der Waals surface area contributed by atoms with Gasteiger partial charge in [-0.25, -0.2) is 17.8 Å². The van der Waals surface area contributed by atoms with Crippen LogP contribution in [0.2, 0.25) is 0 Å². The van der Waals surface area contributed by atoms with Crippen LogP contribution in [-0.2, 0) is 21.9 Å². The Morgan fingerprint density at radius 3 is 2.67 bits per heavy atom. The maximum atomic E-state index is 12.0. The zero-order chi connectivity index (χ0) is 13.9. The van der Waals surface area contributed by atoms with Gasteiger partial charge in [0.1, 0.15) is 0 Å². The van der Waals surface area contributed by atoms with Crippen LogP contribution in [0.3, 0.4) is 0 Å². The van der Waals surface area contributed by atoms with Gasteiger partial charge < -0.3 is 5.11 Å². The highest BCUT2D eigenvalue weighted by molar-refractivity contribution is 9.10. The number of halogens is 1. The summed E-state index contributed by atoms with van der Waals surface area (Å²) in [6, 6.07) is -0.493. The van der Waals surface area contributed by atoms with Gasteiger partial charge in [0.05, 0.1) is 0 Å². The standard InChI is InChI=1S/C8H13BrN4O4S/c1-5(3-4-6(14)15)11-18(16,17)8-7(9)10-12-13(8)2/h5,11H,3-4H2,1-2H3,(H,14,15). The molecule has 18 heavy (non-hydrogen) atoms. The maximum Gasteiger partial charge on any atom is 0.303 e. The number of aromatic nitrogens is 3. The lowest BCUT2D eigenvalue weighted by Gasteiger charge is -2.12. The minimum Gasteiger partial charge on any atom is -0.481 e. The third-order valence-electron chi connectivity index (χ3n) is 2.14. The Hall–Kier alpha value is -1.00. The van der Waals surface area contributed by atoms with E-state index in [1.54, 1.807) is 6.92 Å². The summed E-state index contributed by atoms with van der Waals surface area (Å²) in [4.78, 5) is 10.4.